The number of rotatable bonds is 3. The topological polar surface area (TPSA) is 17.8 Å². The van der Waals surface area contributed by atoms with E-state index in [-0.39, 0.29) is 10.8 Å². The number of aromatic nitrogens is 2. The van der Waals surface area contributed by atoms with Crippen molar-refractivity contribution in [3.63, 3.8) is 0 Å². The molecule has 1 aromatic carbocycles. The Bertz CT molecular complexity index is 718. The minimum Gasteiger partial charge on any atom is -0.334 e. The molecule has 0 N–H and O–H groups in total. The van der Waals surface area contributed by atoms with Gasteiger partial charge in [0.25, 0.3) is 0 Å². The number of imidazole rings is 1. The van der Waals surface area contributed by atoms with E-state index in [1.54, 1.807) is 0 Å². The molecule has 2 nitrogen and oxygen atoms in total. The fourth-order valence-corrected chi connectivity index (χ4v) is 3.59. The van der Waals surface area contributed by atoms with Crippen LogP contribution in [0.2, 0.25) is 0 Å². The number of allylic oxidation sites excluding steroid dienone is 2. The molecule has 122 valence electrons. The molecule has 1 heterocycles. The first kappa shape index (κ1) is 16.0. The van der Waals surface area contributed by atoms with Crippen LogP contribution < -0.4 is 0 Å². The summed E-state index contributed by atoms with van der Waals surface area (Å²) in [5.74, 6) is 0. The molecule has 1 aliphatic carbocycles. The van der Waals surface area contributed by atoms with E-state index in [2.05, 4.69) is 68.4 Å². The summed E-state index contributed by atoms with van der Waals surface area (Å²) < 4.78 is 2.09. The van der Waals surface area contributed by atoms with Crippen molar-refractivity contribution in [1.29, 1.82) is 0 Å². The lowest BCUT2D eigenvalue weighted by molar-refractivity contribution is 0.332. The fraction of sp³-hybridized carbons (Fsp3) is 0.476. The predicted octanol–water partition coefficient (Wildman–Crippen LogP) is 5.34. The number of benzene rings is 1. The zero-order valence-electron chi connectivity index (χ0n) is 15.1. The maximum atomic E-state index is 4.10. The van der Waals surface area contributed by atoms with Gasteiger partial charge in [0.15, 0.2) is 0 Å². The normalized spacial score (nSPS) is 19.4. The van der Waals surface area contributed by atoms with Gasteiger partial charge < -0.3 is 4.57 Å². The first-order chi connectivity index (χ1) is 10.8. The Labute approximate surface area is 140 Å². The summed E-state index contributed by atoms with van der Waals surface area (Å²) in [5.41, 5.74) is 6.29. The zero-order valence-corrected chi connectivity index (χ0v) is 15.1. The number of hydrogen-bond donors (Lipinski definition) is 0. The van der Waals surface area contributed by atoms with Crippen molar-refractivity contribution in [3.05, 3.63) is 59.7 Å². The van der Waals surface area contributed by atoms with E-state index in [0.29, 0.717) is 0 Å². The van der Waals surface area contributed by atoms with Gasteiger partial charge in [0.2, 0.25) is 0 Å². The van der Waals surface area contributed by atoms with Crippen molar-refractivity contribution >= 4 is 5.57 Å². The zero-order chi connectivity index (χ0) is 16.7. The molecule has 0 fully saturated rings. The quantitative estimate of drug-likeness (QED) is 0.748. The van der Waals surface area contributed by atoms with Crippen molar-refractivity contribution in [2.75, 3.05) is 0 Å². The standard InChI is InChI=1S/C21H28N2/c1-16(8-12-23-13-11-22-15-23)17-6-7-18-19(14-17)21(4,5)10-9-20(18,2)3/h6-8,11,13-15H,9-10,12H2,1-5H3/b16-8-. The van der Waals surface area contributed by atoms with Crippen LogP contribution in [0.25, 0.3) is 5.57 Å². The van der Waals surface area contributed by atoms with Crippen molar-refractivity contribution < 1.29 is 0 Å². The number of hydrogen-bond acceptors (Lipinski definition) is 1. The van der Waals surface area contributed by atoms with Crippen LogP contribution in [0.5, 0.6) is 0 Å². The van der Waals surface area contributed by atoms with Gasteiger partial charge in [0.1, 0.15) is 0 Å². The third-order valence-corrected chi connectivity index (χ3v) is 5.48. The van der Waals surface area contributed by atoms with E-state index in [1.165, 1.54) is 35.1 Å². The van der Waals surface area contributed by atoms with Gasteiger partial charge in [-0.2, -0.15) is 0 Å². The monoisotopic (exact) mass is 308 g/mol. The Morgan fingerprint density at radius 3 is 2.48 bits per heavy atom. The molecule has 0 bridgehead atoms. The molecule has 0 aliphatic heterocycles. The molecule has 1 aromatic heterocycles. The lowest BCUT2D eigenvalue weighted by Crippen LogP contribution is -2.33. The third kappa shape index (κ3) is 3.12. The van der Waals surface area contributed by atoms with Gasteiger partial charge in [0.05, 0.1) is 6.33 Å². The Hall–Kier alpha value is -1.83. The van der Waals surface area contributed by atoms with Gasteiger partial charge in [-0.1, -0.05) is 52.0 Å². The van der Waals surface area contributed by atoms with Crippen LogP contribution in [0.15, 0.2) is 43.0 Å². The summed E-state index contributed by atoms with van der Waals surface area (Å²) in [4.78, 5) is 4.10. The fourth-order valence-electron chi connectivity index (χ4n) is 3.59. The highest BCUT2D eigenvalue weighted by atomic mass is 15.0. The Balaban J connectivity index is 1.95. The van der Waals surface area contributed by atoms with Crippen molar-refractivity contribution in [1.82, 2.24) is 9.55 Å². The molecule has 0 saturated carbocycles. The molecule has 1 aliphatic rings. The molecule has 0 amide bonds. The molecule has 0 radical (unpaired) electrons. The van der Waals surface area contributed by atoms with Gasteiger partial charge in [-0.3, -0.25) is 0 Å². The summed E-state index contributed by atoms with van der Waals surface area (Å²) in [6, 6.07) is 7.08. The van der Waals surface area contributed by atoms with Gasteiger partial charge in [0, 0.05) is 18.9 Å². The maximum Gasteiger partial charge on any atom is 0.0948 e. The van der Waals surface area contributed by atoms with E-state index in [0.717, 1.165) is 6.54 Å². The van der Waals surface area contributed by atoms with Crippen LogP contribution in [0, 0.1) is 0 Å². The lowest BCUT2D eigenvalue weighted by Gasteiger charge is -2.42. The predicted molar refractivity (Wildman–Crippen MR) is 97.6 cm³/mol. The highest BCUT2D eigenvalue weighted by molar-refractivity contribution is 5.65. The molecule has 2 heteroatoms. The number of nitrogens with zero attached hydrogens (tertiary/aromatic N) is 2. The van der Waals surface area contributed by atoms with E-state index in [9.17, 15) is 0 Å². The molecule has 0 saturated heterocycles. The molecular weight excluding hydrogens is 280 g/mol. The van der Waals surface area contributed by atoms with E-state index in [1.807, 2.05) is 18.7 Å². The maximum absolute atomic E-state index is 4.10. The van der Waals surface area contributed by atoms with E-state index >= 15 is 0 Å². The Kier molecular flexibility index (Phi) is 3.95. The average Bonchev–Trinajstić information content (AvgIpc) is 3.03. The van der Waals surface area contributed by atoms with Gasteiger partial charge in [-0.25, -0.2) is 4.98 Å². The molecule has 2 aromatic rings. The molecule has 0 spiro atoms. The van der Waals surface area contributed by atoms with Crippen molar-refractivity contribution in [2.45, 2.75) is 64.8 Å². The summed E-state index contributed by atoms with van der Waals surface area (Å²) in [6.07, 6.45) is 10.5. The summed E-state index contributed by atoms with van der Waals surface area (Å²) in [6.45, 7) is 12.6. The summed E-state index contributed by atoms with van der Waals surface area (Å²) in [5, 5.41) is 0. The van der Waals surface area contributed by atoms with Gasteiger partial charge >= 0.3 is 0 Å². The van der Waals surface area contributed by atoms with E-state index < -0.39 is 0 Å². The van der Waals surface area contributed by atoms with Crippen LogP contribution in [-0.4, -0.2) is 9.55 Å². The van der Waals surface area contributed by atoms with Crippen molar-refractivity contribution in [2.24, 2.45) is 0 Å². The minimum atomic E-state index is 0.269. The van der Waals surface area contributed by atoms with Crippen LogP contribution in [0.4, 0.5) is 0 Å². The van der Waals surface area contributed by atoms with Crippen LogP contribution in [0.3, 0.4) is 0 Å². The third-order valence-electron chi connectivity index (χ3n) is 5.48. The van der Waals surface area contributed by atoms with Crippen molar-refractivity contribution in [3.8, 4) is 0 Å². The highest BCUT2D eigenvalue weighted by Crippen LogP contribution is 2.46. The number of fused-ring (bicyclic) bond motifs is 1. The van der Waals surface area contributed by atoms with Crippen LogP contribution in [-0.2, 0) is 17.4 Å². The smallest absolute Gasteiger partial charge is 0.0948 e. The average molecular weight is 308 g/mol. The second kappa shape index (κ2) is 5.67. The molecule has 3 rings (SSSR count). The van der Waals surface area contributed by atoms with Crippen LogP contribution in [0.1, 0.15) is 64.2 Å². The molecule has 0 unspecified atom stereocenters. The van der Waals surface area contributed by atoms with Crippen LogP contribution >= 0.6 is 0 Å². The van der Waals surface area contributed by atoms with E-state index in [4.69, 9.17) is 0 Å². The SMILES string of the molecule is C/C(=C/Cn1ccnc1)c1ccc2c(c1)C(C)(C)CCC2(C)C. The summed E-state index contributed by atoms with van der Waals surface area (Å²) in [7, 11) is 0. The second-order valence-corrected chi connectivity index (χ2v) is 8.17. The first-order valence-corrected chi connectivity index (χ1v) is 8.57. The Morgan fingerprint density at radius 1 is 1.13 bits per heavy atom. The van der Waals surface area contributed by atoms with Gasteiger partial charge in [-0.15, -0.1) is 0 Å². The molecule has 0 atom stereocenters. The second-order valence-electron chi connectivity index (χ2n) is 8.17. The molecule has 23 heavy (non-hydrogen) atoms. The highest BCUT2D eigenvalue weighted by Gasteiger charge is 2.36. The largest absolute Gasteiger partial charge is 0.334 e. The van der Waals surface area contributed by atoms with Gasteiger partial charge in [-0.05, 0) is 52.9 Å². The minimum absolute atomic E-state index is 0.269. The Morgan fingerprint density at radius 2 is 1.83 bits per heavy atom. The summed E-state index contributed by atoms with van der Waals surface area (Å²) >= 11 is 0. The lowest BCUT2D eigenvalue weighted by atomic mass is 9.63. The first-order valence-electron chi connectivity index (χ1n) is 8.57. The molecular formula is C21H28N2.